The Morgan fingerprint density at radius 3 is 2.53 bits per heavy atom. The monoisotopic (exact) mass is 283 g/mol. The van der Waals surface area contributed by atoms with Crippen molar-refractivity contribution in [2.24, 2.45) is 0 Å². The van der Waals surface area contributed by atoms with E-state index >= 15 is 0 Å². The molecule has 1 rings (SSSR count). The van der Waals surface area contributed by atoms with E-state index in [1.54, 1.807) is 18.4 Å². The summed E-state index contributed by atoms with van der Waals surface area (Å²) in [5.41, 5.74) is 0. The van der Waals surface area contributed by atoms with Gasteiger partial charge in [0.2, 0.25) is 0 Å². The number of nitrogens with one attached hydrogen (secondary N) is 1. The lowest BCUT2D eigenvalue weighted by Crippen LogP contribution is -2.19. The smallest absolute Gasteiger partial charge is 0.129 e. The number of hydrogen-bond donors (Lipinski definition) is 1. The molecule has 0 spiro atoms. The minimum absolute atomic E-state index is 0.505. The van der Waals surface area contributed by atoms with Gasteiger partial charge in [-0.3, -0.25) is 0 Å². The SMILES string of the molecule is CCCCCCCCC(NCC)c1cc(OC)cs1. The fraction of sp³-hybridized carbons (Fsp3) is 0.750. The molecule has 3 heteroatoms. The fourth-order valence-corrected chi connectivity index (χ4v) is 3.31. The normalized spacial score (nSPS) is 12.6. The molecular formula is C16H29NOS. The van der Waals surface area contributed by atoms with Crippen LogP contribution < -0.4 is 10.1 Å². The third-order valence-corrected chi connectivity index (χ3v) is 4.50. The Balaban J connectivity index is 2.31. The van der Waals surface area contributed by atoms with Crippen LogP contribution in [0.3, 0.4) is 0 Å². The maximum absolute atomic E-state index is 5.28. The van der Waals surface area contributed by atoms with Gasteiger partial charge in [-0.05, 0) is 19.0 Å². The van der Waals surface area contributed by atoms with E-state index in [4.69, 9.17) is 4.74 Å². The average Bonchev–Trinajstić information content (AvgIpc) is 2.90. The lowest BCUT2D eigenvalue weighted by atomic mass is 10.0. The molecule has 1 aromatic rings. The Morgan fingerprint density at radius 1 is 1.16 bits per heavy atom. The predicted octanol–water partition coefficient (Wildman–Crippen LogP) is 5.16. The topological polar surface area (TPSA) is 21.3 Å². The summed E-state index contributed by atoms with van der Waals surface area (Å²) in [4.78, 5) is 1.41. The minimum Gasteiger partial charge on any atom is -0.496 e. The number of rotatable bonds is 11. The van der Waals surface area contributed by atoms with Crippen molar-refractivity contribution >= 4 is 11.3 Å². The first kappa shape index (κ1) is 16.5. The van der Waals surface area contributed by atoms with Crippen LogP contribution in [0.25, 0.3) is 0 Å². The molecule has 110 valence electrons. The van der Waals surface area contributed by atoms with Crippen LogP contribution in [0.15, 0.2) is 11.4 Å². The standard InChI is InChI=1S/C16H29NOS/c1-4-6-7-8-9-10-11-15(17-5-2)16-12-14(18-3)13-19-16/h12-13,15,17H,4-11H2,1-3H3. The average molecular weight is 283 g/mol. The van der Waals surface area contributed by atoms with Gasteiger partial charge < -0.3 is 10.1 Å². The molecule has 1 atom stereocenters. The molecule has 1 unspecified atom stereocenters. The summed E-state index contributed by atoms with van der Waals surface area (Å²) in [6, 6.07) is 2.68. The molecule has 0 saturated carbocycles. The molecule has 1 heterocycles. The highest BCUT2D eigenvalue weighted by atomic mass is 32.1. The van der Waals surface area contributed by atoms with Crippen LogP contribution in [0.4, 0.5) is 0 Å². The second-order valence-corrected chi connectivity index (χ2v) is 6.00. The highest BCUT2D eigenvalue weighted by Crippen LogP contribution is 2.29. The maximum atomic E-state index is 5.28. The van der Waals surface area contributed by atoms with E-state index in [1.165, 1.54) is 49.8 Å². The molecule has 19 heavy (non-hydrogen) atoms. The number of unbranched alkanes of at least 4 members (excludes halogenated alkanes) is 5. The van der Waals surface area contributed by atoms with Gasteiger partial charge in [-0.2, -0.15) is 0 Å². The van der Waals surface area contributed by atoms with Gasteiger partial charge in [0.15, 0.2) is 0 Å². The molecule has 0 amide bonds. The van der Waals surface area contributed by atoms with Gasteiger partial charge in [0.05, 0.1) is 7.11 Å². The van der Waals surface area contributed by atoms with E-state index in [0.29, 0.717) is 6.04 Å². The number of ether oxygens (including phenoxy) is 1. The Morgan fingerprint density at radius 2 is 1.89 bits per heavy atom. The van der Waals surface area contributed by atoms with Gasteiger partial charge in [0, 0.05) is 16.3 Å². The Labute approximate surface area is 122 Å². The van der Waals surface area contributed by atoms with Crippen molar-refractivity contribution < 1.29 is 4.74 Å². The predicted molar refractivity (Wildman–Crippen MR) is 85.3 cm³/mol. The second-order valence-electron chi connectivity index (χ2n) is 5.06. The fourth-order valence-electron chi connectivity index (χ4n) is 2.34. The van der Waals surface area contributed by atoms with Gasteiger partial charge in [-0.15, -0.1) is 11.3 Å². The zero-order chi connectivity index (χ0) is 13.9. The van der Waals surface area contributed by atoms with Crippen LogP contribution in [0.5, 0.6) is 5.75 Å². The molecule has 0 bridgehead atoms. The molecule has 0 aliphatic rings. The van der Waals surface area contributed by atoms with Gasteiger partial charge in [-0.25, -0.2) is 0 Å². The Hall–Kier alpha value is -0.540. The quantitative estimate of drug-likeness (QED) is 0.566. The highest BCUT2D eigenvalue weighted by molar-refractivity contribution is 7.10. The van der Waals surface area contributed by atoms with Crippen LogP contribution in [0, 0.1) is 0 Å². The van der Waals surface area contributed by atoms with Crippen molar-refractivity contribution in [1.82, 2.24) is 5.32 Å². The van der Waals surface area contributed by atoms with Gasteiger partial charge in [0.1, 0.15) is 5.75 Å². The summed E-state index contributed by atoms with van der Waals surface area (Å²) in [5.74, 6) is 0.992. The van der Waals surface area contributed by atoms with Crippen molar-refractivity contribution in [3.63, 3.8) is 0 Å². The van der Waals surface area contributed by atoms with E-state index in [0.717, 1.165) is 12.3 Å². The number of hydrogen-bond acceptors (Lipinski definition) is 3. The molecule has 1 N–H and O–H groups in total. The van der Waals surface area contributed by atoms with E-state index in [2.05, 4.69) is 30.6 Å². The lowest BCUT2D eigenvalue weighted by Gasteiger charge is -2.16. The first-order valence-electron chi connectivity index (χ1n) is 7.67. The van der Waals surface area contributed by atoms with E-state index in [1.807, 2.05) is 0 Å². The molecule has 0 aromatic carbocycles. The first-order chi connectivity index (χ1) is 9.31. The first-order valence-corrected chi connectivity index (χ1v) is 8.55. The van der Waals surface area contributed by atoms with Crippen LogP contribution in [0.1, 0.15) is 69.7 Å². The Kier molecular flexibility index (Phi) is 8.93. The van der Waals surface area contributed by atoms with Crippen LogP contribution in [-0.4, -0.2) is 13.7 Å². The minimum atomic E-state index is 0.505. The van der Waals surface area contributed by atoms with Crippen molar-refractivity contribution in [3.05, 3.63) is 16.3 Å². The van der Waals surface area contributed by atoms with Gasteiger partial charge >= 0.3 is 0 Å². The molecule has 1 aromatic heterocycles. The Bertz CT molecular complexity index is 324. The van der Waals surface area contributed by atoms with Crippen molar-refractivity contribution in [3.8, 4) is 5.75 Å². The third-order valence-electron chi connectivity index (χ3n) is 3.47. The summed E-state index contributed by atoms with van der Waals surface area (Å²) in [5, 5.41) is 5.69. The zero-order valence-electron chi connectivity index (χ0n) is 12.7. The highest BCUT2D eigenvalue weighted by Gasteiger charge is 2.12. The van der Waals surface area contributed by atoms with Crippen molar-refractivity contribution in [2.75, 3.05) is 13.7 Å². The molecule has 0 aliphatic carbocycles. The number of thiophene rings is 1. The summed E-state index contributed by atoms with van der Waals surface area (Å²) in [6.07, 6.45) is 9.43. The van der Waals surface area contributed by atoms with Crippen LogP contribution in [-0.2, 0) is 0 Å². The molecular weight excluding hydrogens is 254 g/mol. The van der Waals surface area contributed by atoms with E-state index in [-0.39, 0.29) is 0 Å². The van der Waals surface area contributed by atoms with E-state index < -0.39 is 0 Å². The van der Waals surface area contributed by atoms with Crippen LogP contribution in [0.2, 0.25) is 0 Å². The van der Waals surface area contributed by atoms with E-state index in [9.17, 15) is 0 Å². The molecule has 2 nitrogen and oxygen atoms in total. The van der Waals surface area contributed by atoms with Crippen molar-refractivity contribution in [1.29, 1.82) is 0 Å². The lowest BCUT2D eigenvalue weighted by molar-refractivity contribution is 0.415. The number of methoxy groups -OCH3 is 1. The van der Waals surface area contributed by atoms with Gasteiger partial charge in [0.25, 0.3) is 0 Å². The molecule has 0 saturated heterocycles. The summed E-state index contributed by atoms with van der Waals surface area (Å²) >= 11 is 1.81. The molecule has 0 radical (unpaired) electrons. The maximum Gasteiger partial charge on any atom is 0.129 e. The summed E-state index contributed by atoms with van der Waals surface area (Å²) < 4.78 is 5.28. The molecule has 0 aliphatic heterocycles. The van der Waals surface area contributed by atoms with Crippen molar-refractivity contribution in [2.45, 2.75) is 64.8 Å². The second kappa shape index (κ2) is 10.3. The van der Waals surface area contributed by atoms with Crippen LogP contribution >= 0.6 is 11.3 Å². The molecule has 0 fully saturated rings. The van der Waals surface area contributed by atoms with Gasteiger partial charge in [-0.1, -0.05) is 52.4 Å². The third kappa shape index (κ3) is 6.44. The summed E-state index contributed by atoms with van der Waals surface area (Å²) in [6.45, 7) is 5.48. The zero-order valence-corrected chi connectivity index (χ0v) is 13.5. The summed E-state index contributed by atoms with van der Waals surface area (Å²) in [7, 11) is 1.74. The largest absolute Gasteiger partial charge is 0.496 e.